The van der Waals surface area contributed by atoms with E-state index >= 15 is 0 Å². The van der Waals surface area contributed by atoms with Gasteiger partial charge in [0.05, 0.1) is 5.41 Å². The maximum absolute atomic E-state index is 14.0. The predicted molar refractivity (Wildman–Crippen MR) is 111 cm³/mol. The molecule has 3 heteroatoms. The van der Waals surface area contributed by atoms with Crippen LogP contribution in [-0.4, -0.2) is 29.9 Å². The molecule has 0 aromatic heterocycles. The van der Waals surface area contributed by atoms with Crippen molar-refractivity contribution >= 4 is 5.91 Å². The molecular weight excluding hydrogens is 344 g/mol. The van der Waals surface area contributed by atoms with E-state index in [1.807, 2.05) is 0 Å². The topological polar surface area (TPSA) is 46.3 Å². The first-order valence-electron chi connectivity index (χ1n) is 11.2. The monoisotopic (exact) mass is 378 g/mol. The van der Waals surface area contributed by atoms with E-state index in [2.05, 4.69) is 62.9 Å². The third-order valence-corrected chi connectivity index (χ3v) is 10.5. The van der Waals surface area contributed by atoms with Gasteiger partial charge >= 0.3 is 0 Å². The van der Waals surface area contributed by atoms with Crippen LogP contribution in [0.4, 0.5) is 0 Å². The lowest BCUT2D eigenvalue weighted by molar-refractivity contribution is -0.483. The molecule has 1 aliphatic heterocycles. The molecule has 0 bridgehead atoms. The molecule has 6 rings (SSSR count). The lowest BCUT2D eigenvalue weighted by Crippen LogP contribution is -2.98. The summed E-state index contributed by atoms with van der Waals surface area (Å²) in [6.07, 6.45) is 4.41. The van der Waals surface area contributed by atoms with Gasteiger partial charge in [0.1, 0.15) is 0 Å². The molecule has 28 heavy (non-hydrogen) atoms. The Labute approximate surface area is 169 Å². The van der Waals surface area contributed by atoms with Crippen molar-refractivity contribution < 1.29 is 4.79 Å². The first-order valence-corrected chi connectivity index (χ1v) is 11.2. The number of amides is 1. The Morgan fingerprint density at radius 1 is 1.07 bits per heavy atom. The molecule has 4 saturated carbocycles. The molecule has 1 heterocycles. The molecule has 3 nitrogen and oxygen atoms in total. The van der Waals surface area contributed by atoms with Crippen molar-refractivity contribution in [2.75, 3.05) is 13.1 Å². The Hall–Kier alpha value is -1.35. The summed E-state index contributed by atoms with van der Waals surface area (Å²) in [6.45, 7) is 11.0. The van der Waals surface area contributed by atoms with Gasteiger partial charge in [-0.25, -0.2) is 0 Å². The summed E-state index contributed by atoms with van der Waals surface area (Å²) in [5.41, 5.74) is 8.73. The minimum absolute atomic E-state index is 0.0174. The number of hydrogen-bond donors (Lipinski definition) is 1. The molecule has 5 fully saturated rings. The Balaban J connectivity index is 1.36. The third-order valence-electron chi connectivity index (χ3n) is 10.5. The van der Waals surface area contributed by atoms with Crippen molar-refractivity contribution in [1.82, 2.24) is 4.90 Å². The van der Waals surface area contributed by atoms with Crippen LogP contribution in [0.5, 0.6) is 0 Å². The zero-order valence-electron chi connectivity index (χ0n) is 17.8. The Morgan fingerprint density at radius 2 is 1.75 bits per heavy atom. The zero-order valence-corrected chi connectivity index (χ0v) is 17.8. The highest BCUT2D eigenvalue weighted by molar-refractivity contribution is 5.90. The second-order valence-corrected chi connectivity index (χ2v) is 12.0. The number of nitrogens with two attached hydrogens (primary N) is 1. The molecule has 4 aliphatic carbocycles. The minimum atomic E-state index is -0.0799. The highest BCUT2D eigenvalue weighted by Crippen LogP contribution is 3.01. The van der Waals surface area contributed by atoms with Crippen LogP contribution in [0.25, 0.3) is 0 Å². The molecule has 2 N–H and O–H groups in total. The molecule has 0 radical (unpaired) electrons. The second kappa shape index (κ2) is 4.69. The molecule has 6 atom stereocenters. The fourth-order valence-corrected chi connectivity index (χ4v) is 9.23. The number of hydrogen-bond acceptors (Lipinski definition) is 2. The molecule has 5 aliphatic rings. The molecule has 150 valence electrons. The number of benzene rings is 1. The average Bonchev–Trinajstić information content (AvgIpc) is 2.61. The van der Waals surface area contributed by atoms with Crippen molar-refractivity contribution in [3.63, 3.8) is 0 Å². The van der Waals surface area contributed by atoms with Crippen LogP contribution in [0.15, 0.2) is 30.3 Å². The third kappa shape index (κ3) is 1.48. The van der Waals surface area contributed by atoms with Gasteiger partial charge in [-0.1, -0.05) is 58.0 Å². The summed E-state index contributed by atoms with van der Waals surface area (Å²) in [5, 5.41) is 0. The minimum Gasteiger partial charge on any atom is -0.342 e. The van der Waals surface area contributed by atoms with Crippen molar-refractivity contribution in [2.45, 2.75) is 64.8 Å². The highest BCUT2D eigenvalue weighted by Gasteiger charge is 2.99. The summed E-state index contributed by atoms with van der Waals surface area (Å²) in [5.74, 6) is 1.91. The van der Waals surface area contributed by atoms with Gasteiger partial charge in [-0.3, -0.25) is 4.79 Å². The van der Waals surface area contributed by atoms with Gasteiger partial charge < -0.3 is 10.6 Å². The standard InChI is InChI=1S/C25H34N2O/c1-21(2)15-27(11-10-19(21)26)20(28)24-13-18-22(3,4)17-12-23(14-24,25(17,18)24)16-8-6-5-7-9-16/h5-9,17-19H,10-15,26H2,1-4H3/t17?,18?,19-,23?,24?,25?/m0/s1. The molecule has 1 aromatic carbocycles. The Kier molecular flexibility index (Phi) is 2.93. The number of nitrogens with zero attached hydrogens (tertiary/aromatic N) is 1. The van der Waals surface area contributed by atoms with E-state index in [1.165, 1.54) is 12.0 Å². The SMILES string of the molecule is CC1(C)C2CC3(C(=O)N4CC[C@H](N)C(C)(C)C4)CC4(c5ccccc5)CC1C234. The summed E-state index contributed by atoms with van der Waals surface area (Å²) < 4.78 is 0. The van der Waals surface area contributed by atoms with Gasteiger partial charge in [0, 0.05) is 30.0 Å². The fraction of sp³-hybridized carbons (Fsp3) is 0.720. The maximum atomic E-state index is 14.0. The van der Waals surface area contributed by atoms with Gasteiger partial charge in [0.15, 0.2) is 0 Å². The summed E-state index contributed by atoms with van der Waals surface area (Å²) >= 11 is 0. The summed E-state index contributed by atoms with van der Waals surface area (Å²) in [6, 6.07) is 11.3. The average molecular weight is 379 g/mol. The fourth-order valence-electron chi connectivity index (χ4n) is 9.23. The van der Waals surface area contributed by atoms with Crippen LogP contribution in [0.2, 0.25) is 0 Å². The Bertz CT molecular complexity index is 866. The van der Waals surface area contributed by atoms with Crippen molar-refractivity contribution in [3.05, 3.63) is 35.9 Å². The van der Waals surface area contributed by atoms with Gasteiger partial charge in [-0.15, -0.1) is 0 Å². The summed E-state index contributed by atoms with van der Waals surface area (Å²) in [7, 11) is 0. The van der Waals surface area contributed by atoms with Crippen molar-refractivity contribution in [2.24, 2.45) is 39.2 Å². The van der Waals surface area contributed by atoms with Gasteiger partial charge in [-0.2, -0.15) is 0 Å². The number of carbonyl (C=O) groups is 1. The molecule has 5 unspecified atom stereocenters. The van der Waals surface area contributed by atoms with E-state index in [9.17, 15) is 4.79 Å². The first-order chi connectivity index (χ1) is 13.1. The molecule has 1 aromatic rings. The number of piperidine rings is 1. The zero-order chi connectivity index (χ0) is 19.7. The van der Waals surface area contributed by atoms with E-state index in [0.717, 1.165) is 44.2 Å². The number of rotatable bonds is 2. The van der Waals surface area contributed by atoms with Gasteiger partial charge in [0.25, 0.3) is 0 Å². The first kappa shape index (κ1) is 17.5. The van der Waals surface area contributed by atoms with Crippen LogP contribution >= 0.6 is 0 Å². The van der Waals surface area contributed by atoms with Crippen LogP contribution in [0.3, 0.4) is 0 Å². The Morgan fingerprint density at radius 3 is 2.39 bits per heavy atom. The van der Waals surface area contributed by atoms with Gasteiger partial charge in [0.2, 0.25) is 5.91 Å². The van der Waals surface area contributed by atoms with E-state index < -0.39 is 0 Å². The quantitative estimate of drug-likeness (QED) is 0.846. The maximum Gasteiger partial charge on any atom is 0.229 e. The van der Waals surface area contributed by atoms with E-state index in [0.29, 0.717) is 11.3 Å². The van der Waals surface area contributed by atoms with Crippen LogP contribution in [0, 0.1) is 33.5 Å². The highest BCUT2D eigenvalue weighted by atomic mass is 16.2. The smallest absolute Gasteiger partial charge is 0.229 e. The van der Waals surface area contributed by atoms with E-state index in [4.69, 9.17) is 5.73 Å². The molecule has 1 spiro atoms. The largest absolute Gasteiger partial charge is 0.342 e. The lowest BCUT2D eigenvalue weighted by atomic mass is 9.03. The molecule has 1 saturated heterocycles. The summed E-state index contributed by atoms with van der Waals surface area (Å²) in [4.78, 5) is 16.2. The van der Waals surface area contributed by atoms with E-state index in [1.54, 1.807) is 0 Å². The molecular formula is C25H34N2O. The van der Waals surface area contributed by atoms with Crippen molar-refractivity contribution in [3.8, 4) is 0 Å². The second-order valence-electron chi connectivity index (χ2n) is 12.0. The normalized spacial score (nSPS) is 48.8. The number of carbonyl (C=O) groups excluding carboxylic acids is 1. The molecule has 1 amide bonds. The lowest BCUT2D eigenvalue weighted by Gasteiger charge is -2.99. The number of likely N-dealkylation sites (tertiary alicyclic amines) is 1. The van der Waals surface area contributed by atoms with Crippen molar-refractivity contribution in [1.29, 1.82) is 0 Å². The van der Waals surface area contributed by atoms with Gasteiger partial charge in [-0.05, 0) is 53.9 Å². The predicted octanol–water partition coefficient (Wildman–Crippen LogP) is 3.97. The van der Waals surface area contributed by atoms with Crippen LogP contribution < -0.4 is 5.73 Å². The van der Waals surface area contributed by atoms with E-state index in [-0.39, 0.29) is 27.7 Å². The van der Waals surface area contributed by atoms with Crippen LogP contribution in [0.1, 0.15) is 58.9 Å². The van der Waals surface area contributed by atoms with Crippen LogP contribution in [-0.2, 0) is 10.2 Å².